The first-order chi connectivity index (χ1) is 12.8. The summed E-state index contributed by atoms with van der Waals surface area (Å²) in [5, 5.41) is 14.8. The van der Waals surface area contributed by atoms with Crippen molar-refractivity contribution in [3.63, 3.8) is 0 Å². The number of aryl methyl sites for hydroxylation is 1. The fourth-order valence-electron chi connectivity index (χ4n) is 3.40. The summed E-state index contributed by atoms with van der Waals surface area (Å²) in [4.78, 5) is 24.3. The fourth-order valence-corrected chi connectivity index (χ4v) is 3.57. The van der Waals surface area contributed by atoms with Gasteiger partial charge >= 0.3 is 0 Å². The molecular weight excluding hydrogens is 368 g/mol. The molecule has 2 aromatic rings. The van der Waals surface area contributed by atoms with E-state index in [0.29, 0.717) is 23.2 Å². The highest BCUT2D eigenvalue weighted by Crippen LogP contribution is 2.30. The summed E-state index contributed by atoms with van der Waals surface area (Å²) < 4.78 is 0. The number of hydrogen-bond donors (Lipinski definition) is 2. The van der Waals surface area contributed by atoms with Crippen molar-refractivity contribution in [1.29, 1.82) is 0 Å². The van der Waals surface area contributed by atoms with Crippen LogP contribution in [0.1, 0.15) is 22.3 Å². The molecule has 0 bridgehead atoms. The molecule has 8 heteroatoms. The Labute approximate surface area is 162 Å². The van der Waals surface area contributed by atoms with Crippen LogP contribution < -0.4 is 16.0 Å². The first-order valence-corrected chi connectivity index (χ1v) is 9.06. The number of nitro benzene ring substituents is 1. The Kier molecular flexibility index (Phi) is 5.51. The first kappa shape index (κ1) is 19.0. The molecular formula is C19H21ClN4O3. The van der Waals surface area contributed by atoms with E-state index in [2.05, 4.69) is 17.1 Å². The maximum Gasteiger partial charge on any atom is 0.270 e. The number of rotatable bonds is 6. The third-order valence-electron chi connectivity index (χ3n) is 4.86. The molecule has 0 aliphatic carbocycles. The minimum atomic E-state index is -0.691. The number of nitrogens with zero attached hydrogens (tertiary/aromatic N) is 2. The van der Waals surface area contributed by atoms with E-state index in [4.69, 9.17) is 17.3 Å². The van der Waals surface area contributed by atoms with Crippen LogP contribution in [0.3, 0.4) is 0 Å². The summed E-state index contributed by atoms with van der Waals surface area (Å²) in [6.45, 7) is 4.50. The van der Waals surface area contributed by atoms with Gasteiger partial charge in [-0.05, 0) is 43.0 Å². The van der Waals surface area contributed by atoms with Crippen molar-refractivity contribution in [1.82, 2.24) is 0 Å². The number of amides is 1. The Morgan fingerprint density at radius 3 is 2.85 bits per heavy atom. The number of hydrogen-bond acceptors (Lipinski definition) is 5. The van der Waals surface area contributed by atoms with E-state index in [1.165, 1.54) is 23.8 Å². The Morgan fingerprint density at radius 1 is 1.37 bits per heavy atom. The SMILES string of the molecule is Cc1ccc(Cl)cc1N1CCC(CNc2ccc([N+](=O)[O-])cc2C(N)=O)C1. The van der Waals surface area contributed by atoms with E-state index in [1.54, 1.807) is 0 Å². The van der Waals surface area contributed by atoms with E-state index >= 15 is 0 Å². The molecule has 0 radical (unpaired) electrons. The molecule has 3 rings (SSSR count). The second-order valence-electron chi connectivity index (χ2n) is 6.76. The molecule has 3 N–H and O–H groups in total. The van der Waals surface area contributed by atoms with Gasteiger partial charge in [-0.3, -0.25) is 14.9 Å². The number of carbonyl (C=O) groups is 1. The van der Waals surface area contributed by atoms with Crippen molar-refractivity contribution in [3.8, 4) is 0 Å². The number of anilines is 2. The number of nitrogens with two attached hydrogens (primary N) is 1. The van der Waals surface area contributed by atoms with Crippen LogP contribution >= 0.6 is 11.6 Å². The normalized spacial score (nSPS) is 16.4. The molecule has 1 fully saturated rings. The lowest BCUT2D eigenvalue weighted by atomic mass is 10.1. The third kappa shape index (κ3) is 4.31. The monoisotopic (exact) mass is 388 g/mol. The number of nitrogens with one attached hydrogen (secondary N) is 1. The van der Waals surface area contributed by atoms with Crippen molar-refractivity contribution in [3.05, 3.63) is 62.7 Å². The van der Waals surface area contributed by atoms with Crippen LogP contribution in [0, 0.1) is 23.0 Å². The summed E-state index contributed by atoms with van der Waals surface area (Å²) in [5.41, 5.74) is 8.18. The maximum absolute atomic E-state index is 11.6. The zero-order valence-electron chi connectivity index (χ0n) is 14.9. The van der Waals surface area contributed by atoms with E-state index < -0.39 is 10.8 Å². The maximum atomic E-state index is 11.6. The van der Waals surface area contributed by atoms with Gasteiger partial charge in [0.15, 0.2) is 0 Å². The Hall–Kier alpha value is -2.80. The lowest BCUT2D eigenvalue weighted by molar-refractivity contribution is -0.384. The van der Waals surface area contributed by atoms with Gasteiger partial charge in [-0.1, -0.05) is 17.7 Å². The highest BCUT2D eigenvalue weighted by Gasteiger charge is 2.24. The molecule has 1 saturated heterocycles. The van der Waals surface area contributed by atoms with Crippen LogP contribution in [0.15, 0.2) is 36.4 Å². The van der Waals surface area contributed by atoms with E-state index in [9.17, 15) is 14.9 Å². The summed E-state index contributed by atoms with van der Waals surface area (Å²) in [6, 6.07) is 9.99. The van der Waals surface area contributed by atoms with Gasteiger partial charge in [0, 0.05) is 48.2 Å². The van der Waals surface area contributed by atoms with Crippen LogP contribution in [0.4, 0.5) is 17.1 Å². The highest BCUT2D eigenvalue weighted by molar-refractivity contribution is 6.30. The van der Waals surface area contributed by atoms with E-state index in [0.717, 1.165) is 25.2 Å². The summed E-state index contributed by atoms with van der Waals surface area (Å²) in [5.74, 6) is -0.317. The molecule has 1 heterocycles. The molecule has 1 aliphatic rings. The minimum Gasteiger partial charge on any atom is -0.384 e. The standard InChI is InChI=1S/C19H21ClN4O3/c1-12-2-3-14(20)8-18(12)23-7-6-13(11-23)10-22-17-5-4-15(24(26)27)9-16(17)19(21)25/h2-5,8-9,13,22H,6-7,10-11H2,1H3,(H2,21,25). The second kappa shape index (κ2) is 7.84. The van der Waals surface area contributed by atoms with Crippen LogP contribution in [0.25, 0.3) is 0 Å². The van der Waals surface area contributed by atoms with E-state index in [-0.39, 0.29) is 11.3 Å². The molecule has 0 saturated carbocycles. The lowest BCUT2D eigenvalue weighted by Gasteiger charge is -2.21. The van der Waals surface area contributed by atoms with Gasteiger partial charge in [0.1, 0.15) is 0 Å². The smallest absolute Gasteiger partial charge is 0.270 e. The van der Waals surface area contributed by atoms with Crippen molar-refractivity contribution in [2.45, 2.75) is 13.3 Å². The van der Waals surface area contributed by atoms with Crippen LogP contribution in [-0.4, -0.2) is 30.5 Å². The summed E-state index contributed by atoms with van der Waals surface area (Å²) in [7, 11) is 0. The van der Waals surface area contributed by atoms with Gasteiger partial charge in [0.05, 0.1) is 10.5 Å². The summed E-state index contributed by atoms with van der Waals surface area (Å²) in [6.07, 6.45) is 0.998. The number of non-ortho nitro benzene ring substituents is 1. The Balaban J connectivity index is 1.67. The molecule has 0 aromatic heterocycles. The zero-order chi connectivity index (χ0) is 19.6. The third-order valence-corrected chi connectivity index (χ3v) is 5.09. The molecule has 1 atom stereocenters. The molecule has 7 nitrogen and oxygen atoms in total. The zero-order valence-corrected chi connectivity index (χ0v) is 15.7. The molecule has 27 heavy (non-hydrogen) atoms. The second-order valence-corrected chi connectivity index (χ2v) is 7.20. The minimum absolute atomic E-state index is 0.129. The lowest BCUT2D eigenvalue weighted by Crippen LogP contribution is -2.24. The Morgan fingerprint density at radius 2 is 2.15 bits per heavy atom. The topological polar surface area (TPSA) is 102 Å². The largest absolute Gasteiger partial charge is 0.384 e. The predicted octanol–water partition coefficient (Wildman–Crippen LogP) is 3.59. The molecule has 0 spiro atoms. The average Bonchev–Trinajstić information content (AvgIpc) is 3.10. The van der Waals surface area contributed by atoms with Gasteiger partial charge in [-0.25, -0.2) is 0 Å². The van der Waals surface area contributed by atoms with Gasteiger partial charge in [0.2, 0.25) is 0 Å². The number of primary amides is 1. The number of nitro groups is 1. The van der Waals surface area contributed by atoms with Crippen molar-refractivity contribution in [2.24, 2.45) is 11.7 Å². The number of carbonyl (C=O) groups excluding carboxylic acids is 1. The quantitative estimate of drug-likeness (QED) is 0.581. The van der Waals surface area contributed by atoms with Gasteiger partial charge in [-0.2, -0.15) is 0 Å². The van der Waals surface area contributed by atoms with Gasteiger partial charge in [0.25, 0.3) is 11.6 Å². The molecule has 1 unspecified atom stereocenters. The molecule has 1 aliphatic heterocycles. The first-order valence-electron chi connectivity index (χ1n) is 8.68. The molecule has 1 amide bonds. The Bertz CT molecular complexity index is 887. The van der Waals surface area contributed by atoms with Crippen LogP contribution in [-0.2, 0) is 0 Å². The van der Waals surface area contributed by atoms with Crippen molar-refractivity contribution >= 4 is 34.6 Å². The highest BCUT2D eigenvalue weighted by atomic mass is 35.5. The molecule has 142 valence electrons. The van der Waals surface area contributed by atoms with Crippen LogP contribution in [0.5, 0.6) is 0 Å². The number of benzene rings is 2. The van der Waals surface area contributed by atoms with Gasteiger partial charge < -0.3 is 16.0 Å². The van der Waals surface area contributed by atoms with Crippen LogP contribution in [0.2, 0.25) is 5.02 Å². The fraction of sp³-hybridized carbons (Fsp3) is 0.316. The van der Waals surface area contributed by atoms with Gasteiger partial charge in [-0.15, -0.1) is 0 Å². The predicted molar refractivity (Wildman–Crippen MR) is 107 cm³/mol. The average molecular weight is 389 g/mol. The van der Waals surface area contributed by atoms with Crippen molar-refractivity contribution < 1.29 is 9.72 Å². The molecule has 2 aromatic carbocycles. The van der Waals surface area contributed by atoms with Crippen molar-refractivity contribution in [2.75, 3.05) is 29.9 Å². The number of halogens is 1. The van der Waals surface area contributed by atoms with E-state index in [1.807, 2.05) is 18.2 Å². The summed E-state index contributed by atoms with van der Waals surface area (Å²) >= 11 is 6.12.